The Kier molecular flexibility index (Phi) is 8.16. The Balaban J connectivity index is 1.41. The lowest BCUT2D eigenvalue weighted by Gasteiger charge is -2.35. The molecule has 0 fully saturated rings. The van der Waals surface area contributed by atoms with Gasteiger partial charge in [0.05, 0.1) is 34.0 Å². The molecule has 9 nitrogen and oxygen atoms in total. The largest absolute Gasteiger partial charge is 0.355 e. The van der Waals surface area contributed by atoms with Crippen molar-refractivity contribution in [1.29, 1.82) is 0 Å². The zero-order valence-electron chi connectivity index (χ0n) is 25.3. The van der Waals surface area contributed by atoms with Crippen molar-refractivity contribution in [3.8, 4) is 5.69 Å². The maximum absolute atomic E-state index is 14.2. The molecule has 1 aliphatic heterocycles. The zero-order valence-corrected chi connectivity index (χ0v) is 26.8. The number of carbonyl (C=O) groups excluding carboxylic acids is 2. The van der Waals surface area contributed by atoms with Crippen LogP contribution in [0.25, 0.3) is 16.6 Å². The van der Waals surface area contributed by atoms with Crippen molar-refractivity contribution < 1.29 is 9.59 Å². The fourth-order valence-corrected chi connectivity index (χ4v) is 6.11. The van der Waals surface area contributed by atoms with Crippen molar-refractivity contribution in [2.24, 2.45) is 7.05 Å². The van der Waals surface area contributed by atoms with E-state index in [-0.39, 0.29) is 36.0 Å². The van der Waals surface area contributed by atoms with Crippen LogP contribution in [0.2, 0.25) is 10.0 Å². The number of anilines is 1. The Morgan fingerprint density at radius 1 is 0.978 bits per heavy atom. The molecule has 2 N–H and O–H groups in total. The molecule has 0 unspecified atom stereocenters. The predicted octanol–water partition coefficient (Wildman–Crippen LogP) is 6.15. The Bertz CT molecular complexity index is 2020. The van der Waals surface area contributed by atoms with E-state index in [1.54, 1.807) is 59.0 Å². The normalized spacial score (nSPS) is 15.1. The van der Waals surface area contributed by atoms with E-state index in [1.165, 1.54) is 0 Å². The lowest BCUT2D eigenvalue weighted by Crippen LogP contribution is -2.46. The van der Waals surface area contributed by atoms with Crippen molar-refractivity contribution in [1.82, 2.24) is 24.3 Å². The molecule has 2 amide bonds. The summed E-state index contributed by atoms with van der Waals surface area (Å²) >= 11 is 12.3. The Labute approximate surface area is 270 Å². The highest BCUT2D eigenvalue weighted by Gasteiger charge is 2.32. The maximum Gasteiger partial charge on any atom is 0.263 e. The fourth-order valence-electron chi connectivity index (χ4n) is 5.81. The first-order valence-electron chi connectivity index (χ1n) is 14.6. The van der Waals surface area contributed by atoms with Crippen molar-refractivity contribution >= 4 is 51.9 Å². The molecule has 5 aromatic rings. The van der Waals surface area contributed by atoms with E-state index in [0.29, 0.717) is 50.5 Å². The van der Waals surface area contributed by atoms with Gasteiger partial charge in [-0.2, -0.15) is 0 Å². The van der Waals surface area contributed by atoms with Crippen LogP contribution in [-0.2, 0) is 20.0 Å². The van der Waals surface area contributed by atoms with Gasteiger partial charge in [0.25, 0.3) is 17.4 Å². The number of nitrogens with zero attached hydrogens (tertiary/aromatic N) is 4. The average Bonchev–Trinajstić information content (AvgIpc) is 3.41. The summed E-state index contributed by atoms with van der Waals surface area (Å²) in [5, 5.41) is 7.86. The van der Waals surface area contributed by atoms with Crippen molar-refractivity contribution in [3.63, 3.8) is 0 Å². The van der Waals surface area contributed by atoms with Crippen molar-refractivity contribution in [2.75, 3.05) is 12.4 Å². The first-order chi connectivity index (χ1) is 21.5. The quantitative estimate of drug-likeness (QED) is 0.231. The molecule has 0 saturated heterocycles. The van der Waals surface area contributed by atoms with Gasteiger partial charge in [0.1, 0.15) is 0 Å². The third kappa shape index (κ3) is 5.69. The number of nitrogens with one attached hydrogen (secondary N) is 2. The second kappa shape index (κ2) is 12.1. The number of rotatable bonds is 6. The lowest BCUT2D eigenvalue weighted by molar-refractivity contribution is 0.0653. The third-order valence-corrected chi connectivity index (χ3v) is 9.15. The van der Waals surface area contributed by atoms with E-state index in [9.17, 15) is 14.4 Å². The molecular weight excluding hydrogens is 611 g/mol. The monoisotopic (exact) mass is 642 g/mol. The number of halogens is 2. The SMILES string of the molecule is CNC(=O)c1ccc(-n2c(N[C@H](C)c3ccc4c(ccn4C)c3)nc3c(c2=O)C[C@@H](C)N(C(=O)c2ccc(Cl)c(Cl)c2)C3)cc1. The number of amides is 2. The van der Waals surface area contributed by atoms with Crippen LogP contribution in [0.1, 0.15) is 57.4 Å². The lowest BCUT2D eigenvalue weighted by atomic mass is 9.98. The van der Waals surface area contributed by atoms with Crippen LogP contribution in [0.4, 0.5) is 5.95 Å². The zero-order chi connectivity index (χ0) is 32.0. The van der Waals surface area contributed by atoms with E-state index in [2.05, 4.69) is 39.5 Å². The van der Waals surface area contributed by atoms with Crippen LogP contribution >= 0.6 is 23.2 Å². The molecular formula is C34H32Cl2N6O3. The van der Waals surface area contributed by atoms with E-state index >= 15 is 0 Å². The first kappa shape index (κ1) is 30.4. The number of hydrogen-bond donors (Lipinski definition) is 2. The summed E-state index contributed by atoms with van der Waals surface area (Å²) in [5.41, 5.74) is 4.43. The number of fused-ring (bicyclic) bond motifs is 2. The van der Waals surface area contributed by atoms with Crippen molar-refractivity contribution in [3.05, 3.63) is 121 Å². The van der Waals surface area contributed by atoms with E-state index < -0.39 is 0 Å². The Morgan fingerprint density at radius 2 is 1.71 bits per heavy atom. The Hall–Kier alpha value is -4.60. The molecule has 3 heterocycles. The minimum atomic E-state index is -0.270. The summed E-state index contributed by atoms with van der Waals surface area (Å²) in [7, 11) is 3.58. The van der Waals surface area contributed by atoms with Gasteiger partial charge in [0.2, 0.25) is 5.95 Å². The summed E-state index contributed by atoms with van der Waals surface area (Å²) in [6, 6.07) is 19.4. The highest BCUT2D eigenvalue weighted by atomic mass is 35.5. The van der Waals surface area contributed by atoms with Gasteiger partial charge in [-0.05, 0) is 91.9 Å². The van der Waals surface area contributed by atoms with Gasteiger partial charge in [-0.25, -0.2) is 9.55 Å². The summed E-state index contributed by atoms with van der Waals surface area (Å²) in [6.45, 7) is 4.07. The van der Waals surface area contributed by atoms with Crippen LogP contribution in [0, 0.1) is 0 Å². The predicted molar refractivity (Wildman–Crippen MR) is 178 cm³/mol. The van der Waals surface area contributed by atoms with Crippen LogP contribution in [0.5, 0.6) is 0 Å². The van der Waals surface area contributed by atoms with Gasteiger partial charge in [-0.15, -0.1) is 0 Å². The highest BCUT2D eigenvalue weighted by molar-refractivity contribution is 6.42. The van der Waals surface area contributed by atoms with Crippen LogP contribution in [0.3, 0.4) is 0 Å². The van der Waals surface area contributed by atoms with Crippen LogP contribution in [0.15, 0.2) is 77.7 Å². The van der Waals surface area contributed by atoms with Gasteiger partial charge in [0, 0.05) is 48.5 Å². The number of aromatic nitrogens is 3. The molecule has 230 valence electrons. The van der Waals surface area contributed by atoms with Crippen molar-refractivity contribution in [2.45, 2.75) is 38.9 Å². The fraction of sp³-hybridized carbons (Fsp3) is 0.235. The number of aryl methyl sites for hydroxylation is 1. The average molecular weight is 644 g/mol. The molecule has 1 aliphatic rings. The molecule has 11 heteroatoms. The minimum Gasteiger partial charge on any atom is -0.355 e. The molecule has 0 spiro atoms. The summed E-state index contributed by atoms with van der Waals surface area (Å²) < 4.78 is 3.61. The Morgan fingerprint density at radius 3 is 2.42 bits per heavy atom. The summed E-state index contributed by atoms with van der Waals surface area (Å²) in [5.74, 6) is -0.105. The molecule has 0 bridgehead atoms. The van der Waals surface area contributed by atoms with Gasteiger partial charge in [0.15, 0.2) is 0 Å². The number of hydrogen-bond acceptors (Lipinski definition) is 5. The molecule has 3 aromatic carbocycles. The van der Waals surface area contributed by atoms with Crippen LogP contribution < -0.4 is 16.2 Å². The molecule has 2 atom stereocenters. The van der Waals surface area contributed by atoms with E-state index in [1.807, 2.05) is 27.1 Å². The van der Waals surface area contributed by atoms with Gasteiger partial charge < -0.3 is 20.1 Å². The van der Waals surface area contributed by atoms with E-state index in [0.717, 1.165) is 16.5 Å². The number of carbonyl (C=O) groups is 2. The molecule has 0 saturated carbocycles. The first-order valence-corrected chi connectivity index (χ1v) is 15.4. The van der Waals surface area contributed by atoms with E-state index in [4.69, 9.17) is 28.2 Å². The van der Waals surface area contributed by atoms with Gasteiger partial charge in [-0.3, -0.25) is 14.4 Å². The van der Waals surface area contributed by atoms with Gasteiger partial charge >= 0.3 is 0 Å². The second-order valence-electron chi connectivity index (χ2n) is 11.4. The molecule has 0 radical (unpaired) electrons. The van der Waals surface area contributed by atoms with Gasteiger partial charge in [-0.1, -0.05) is 29.3 Å². The van der Waals surface area contributed by atoms with Crippen LogP contribution in [-0.4, -0.2) is 43.9 Å². The minimum absolute atomic E-state index is 0.153. The number of benzene rings is 3. The smallest absolute Gasteiger partial charge is 0.263 e. The maximum atomic E-state index is 14.2. The summed E-state index contributed by atoms with van der Waals surface area (Å²) in [4.78, 5) is 46.7. The second-order valence-corrected chi connectivity index (χ2v) is 12.2. The third-order valence-electron chi connectivity index (χ3n) is 8.41. The topological polar surface area (TPSA) is 101 Å². The molecule has 2 aromatic heterocycles. The molecule has 45 heavy (non-hydrogen) atoms. The molecule has 6 rings (SSSR count). The standard InChI is InChI=1S/C34H32Cl2N6O3/c1-19-15-26-29(18-41(19)32(44)24-7-11-27(35)28(36)17-24)39-34(38-20(2)22-8-12-30-23(16-22)13-14-40(30)4)42(33(26)45)25-9-5-21(6-10-25)31(43)37-3/h5-14,16-17,19-20H,15,18H2,1-4H3,(H,37,43)(H,38,39)/t19-,20-/m1/s1. The summed E-state index contributed by atoms with van der Waals surface area (Å²) in [6.07, 6.45) is 2.34. The highest BCUT2D eigenvalue weighted by Crippen LogP contribution is 2.29. The molecule has 0 aliphatic carbocycles.